The number of carbonyl (C=O) groups excluding carboxylic acids is 1. The zero-order chi connectivity index (χ0) is 14.8. The van der Waals surface area contributed by atoms with E-state index in [-0.39, 0.29) is 5.91 Å². The summed E-state index contributed by atoms with van der Waals surface area (Å²) < 4.78 is 13.5. The predicted octanol–water partition coefficient (Wildman–Crippen LogP) is 4.39. The molecule has 2 aromatic carbocycles. The lowest BCUT2D eigenvalue weighted by molar-refractivity contribution is 0.102. The molecule has 0 spiro atoms. The highest BCUT2D eigenvalue weighted by Gasteiger charge is 2.12. The molecule has 1 aromatic heterocycles. The molecular formula is C16H10BrFN2O. The van der Waals surface area contributed by atoms with Gasteiger partial charge in [-0.05, 0) is 46.3 Å². The second-order valence-electron chi connectivity index (χ2n) is 4.48. The van der Waals surface area contributed by atoms with Gasteiger partial charge in [-0.1, -0.05) is 12.1 Å². The van der Waals surface area contributed by atoms with Gasteiger partial charge < -0.3 is 5.32 Å². The van der Waals surface area contributed by atoms with Gasteiger partial charge >= 0.3 is 0 Å². The summed E-state index contributed by atoms with van der Waals surface area (Å²) >= 11 is 3.20. The Morgan fingerprint density at radius 1 is 1.19 bits per heavy atom. The Bertz CT molecular complexity index is 830. The van der Waals surface area contributed by atoms with E-state index >= 15 is 0 Å². The van der Waals surface area contributed by atoms with Crippen molar-refractivity contribution in [2.45, 2.75) is 0 Å². The minimum Gasteiger partial charge on any atom is -0.321 e. The molecule has 0 radical (unpaired) electrons. The van der Waals surface area contributed by atoms with Crippen LogP contribution in [0.3, 0.4) is 0 Å². The molecule has 3 rings (SSSR count). The molecule has 0 saturated carbocycles. The number of aromatic nitrogens is 1. The zero-order valence-corrected chi connectivity index (χ0v) is 12.4. The van der Waals surface area contributed by atoms with E-state index in [1.54, 1.807) is 12.4 Å². The van der Waals surface area contributed by atoms with Gasteiger partial charge in [0.1, 0.15) is 5.82 Å². The standard InChI is InChI=1S/C16H10BrFN2O/c17-14-8-11(18)4-5-13(14)16(21)20-15-3-1-2-10-9-19-7-6-12(10)15/h1-9H,(H,20,21). The number of hydrogen-bond acceptors (Lipinski definition) is 2. The molecular weight excluding hydrogens is 335 g/mol. The van der Waals surface area contributed by atoms with E-state index in [4.69, 9.17) is 0 Å². The first-order chi connectivity index (χ1) is 10.1. The van der Waals surface area contributed by atoms with Gasteiger partial charge in [0.15, 0.2) is 0 Å². The van der Waals surface area contributed by atoms with E-state index in [1.807, 2.05) is 24.3 Å². The van der Waals surface area contributed by atoms with E-state index in [0.29, 0.717) is 15.7 Å². The number of carbonyl (C=O) groups is 1. The third-order valence-corrected chi connectivity index (χ3v) is 3.76. The number of nitrogens with one attached hydrogen (secondary N) is 1. The van der Waals surface area contributed by atoms with Crippen molar-refractivity contribution in [3.05, 3.63) is 70.7 Å². The van der Waals surface area contributed by atoms with E-state index in [2.05, 4.69) is 26.2 Å². The van der Waals surface area contributed by atoms with E-state index in [9.17, 15) is 9.18 Å². The SMILES string of the molecule is O=C(Nc1cccc2cnccc12)c1ccc(F)cc1Br. The quantitative estimate of drug-likeness (QED) is 0.749. The van der Waals surface area contributed by atoms with Gasteiger partial charge in [0.2, 0.25) is 0 Å². The number of hydrogen-bond donors (Lipinski definition) is 1. The van der Waals surface area contributed by atoms with Crippen molar-refractivity contribution < 1.29 is 9.18 Å². The van der Waals surface area contributed by atoms with E-state index in [1.165, 1.54) is 18.2 Å². The molecule has 3 aromatic rings. The van der Waals surface area contributed by atoms with Gasteiger partial charge in [-0.15, -0.1) is 0 Å². The number of pyridine rings is 1. The van der Waals surface area contributed by atoms with Gasteiger partial charge in [0.25, 0.3) is 5.91 Å². The highest BCUT2D eigenvalue weighted by molar-refractivity contribution is 9.10. The summed E-state index contributed by atoms with van der Waals surface area (Å²) in [4.78, 5) is 16.4. The highest BCUT2D eigenvalue weighted by Crippen LogP contribution is 2.24. The molecule has 0 saturated heterocycles. The molecule has 0 unspecified atom stereocenters. The third kappa shape index (κ3) is 2.78. The molecule has 0 aliphatic carbocycles. The summed E-state index contributed by atoms with van der Waals surface area (Å²) in [7, 11) is 0. The molecule has 0 aliphatic heterocycles. The van der Waals surface area contributed by atoms with Gasteiger partial charge in [0, 0.05) is 33.3 Å². The van der Waals surface area contributed by atoms with Crippen LogP contribution in [-0.2, 0) is 0 Å². The van der Waals surface area contributed by atoms with Gasteiger partial charge in [-0.3, -0.25) is 9.78 Å². The maximum atomic E-state index is 13.1. The van der Waals surface area contributed by atoms with Crippen LogP contribution in [-0.4, -0.2) is 10.9 Å². The second-order valence-corrected chi connectivity index (χ2v) is 5.34. The van der Waals surface area contributed by atoms with E-state index in [0.717, 1.165) is 10.8 Å². The second kappa shape index (κ2) is 5.61. The fourth-order valence-electron chi connectivity index (χ4n) is 2.09. The summed E-state index contributed by atoms with van der Waals surface area (Å²) in [6.07, 6.45) is 3.41. The Morgan fingerprint density at radius 2 is 2.05 bits per heavy atom. The summed E-state index contributed by atoms with van der Waals surface area (Å²) in [5, 5.41) is 4.68. The van der Waals surface area contributed by atoms with Crippen LogP contribution in [0.1, 0.15) is 10.4 Å². The molecule has 0 aliphatic rings. The molecule has 21 heavy (non-hydrogen) atoms. The lowest BCUT2D eigenvalue weighted by Gasteiger charge is -2.09. The number of anilines is 1. The van der Waals surface area contributed by atoms with Crippen LogP contribution in [0.15, 0.2) is 59.3 Å². The van der Waals surface area contributed by atoms with Crippen molar-refractivity contribution >= 4 is 38.3 Å². The first-order valence-corrected chi connectivity index (χ1v) is 7.03. The monoisotopic (exact) mass is 344 g/mol. The molecule has 0 bridgehead atoms. The first-order valence-electron chi connectivity index (χ1n) is 6.24. The van der Waals surface area contributed by atoms with Crippen molar-refractivity contribution in [2.75, 3.05) is 5.32 Å². The lowest BCUT2D eigenvalue weighted by atomic mass is 10.1. The number of fused-ring (bicyclic) bond motifs is 1. The minimum absolute atomic E-state index is 0.300. The molecule has 1 heterocycles. The number of amides is 1. The Balaban J connectivity index is 1.97. The Labute approximate surface area is 128 Å². The predicted molar refractivity (Wildman–Crippen MR) is 83.8 cm³/mol. The van der Waals surface area contributed by atoms with E-state index < -0.39 is 5.82 Å². The molecule has 0 atom stereocenters. The third-order valence-electron chi connectivity index (χ3n) is 3.10. The summed E-state index contributed by atoms with van der Waals surface area (Å²) in [5.74, 6) is -0.694. The Morgan fingerprint density at radius 3 is 2.86 bits per heavy atom. The van der Waals surface area contributed by atoms with Crippen LogP contribution in [0, 0.1) is 5.82 Å². The molecule has 3 nitrogen and oxygen atoms in total. The molecule has 104 valence electrons. The fourth-order valence-corrected chi connectivity index (χ4v) is 2.63. The number of rotatable bonds is 2. The normalized spacial score (nSPS) is 10.6. The van der Waals surface area contributed by atoms with Crippen molar-refractivity contribution in [1.82, 2.24) is 4.98 Å². The van der Waals surface area contributed by atoms with Gasteiger partial charge in [-0.25, -0.2) is 4.39 Å². The lowest BCUT2D eigenvalue weighted by Crippen LogP contribution is -2.13. The largest absolute Gasteiger partial charge is 0.321 e. The molecule has 5 heteroatoms. The molecule has 1 N–H and O–H groups in total. The van der Waals surface area contributed by atoms with Crippen LogP contribution in [0.4, 0.5) is 10.1 Å². The van der Waals surface area contributed by atoms with Crippen LogP contribution >= 0.6 is 15.9 Å². The number of benzene rings is 2. The summed E-state index contributed by atoms with van der Waals surface area (Å²) in [6, 6.07) is 11.4. The zero-order valence-electron chi connectivity index (χ0n) is 10.8. The maximum absolute atomic E-state index is 13.1. The topological polar surface area (TPSA) is 42.0 Å². The van der Waals surface area contributed by atoms with Gasteiger partial charge in [-0.2, -0.15) is 0 Å². The molecule has 0 fully saturated rings. The smallest absolute Gasteiger partial charge is 0.256 e. The van der Waals surface area contributed by atoms with Crippen LogP contribution in [0.5, 0.6) is 0 Å². The van der Waals surface area contributed by atoms with Crippen LogP contribution in [0.2, 0.25) is 0 Å². The van der Waals surface area contributed by atoms with Crippen LogP contribution in [0.25, 0.3) is 10.8 Å². The van der Waals surface area contributed by atoms with Gasteiger partial charge in [0.05, 0.1) is 5.56 Å². The van der Waals surface area contributed by atoms with Crippen molar-refractivity contribution in [3.63, 3.8) is 0 Å². The average molecular weight is 345 g/mol. The summed E-state index contributed by atoms with van der Waals surface area (Å²) in [6.45, 7) is 0. The average Bonchev–Trinajstić information content (AvgIpc) is 2.47. The minimum atomic E-state index is -0.394. The highest BCUT2D eigenvalue weighted by atomic mass is 79.9. The van der Waals surface area contributed by atoms with Crippen molar-refractivity contribution in [1.29, 1.82) is 0 Å². The Hall–Kier alpha value is -2.27. The van der Waals surface area contributed by atoms with Crippen LogP contribution < -0.4 is 5.32 Å². The first kappa shape index (κ1) is 13.7. The van der Waals surface area contributed by atoms with Crippen molar-refractivity contribution in [2.24, 2.45) is 0 Å². The number of halogens is 2. The fraction of sp³-hybridized carbons (Fsp3) is 0. The summed E-state index contributed by atoms with van der Waals surface area (Å²) in [5.41, 5.74) is 1.07. The number of nitrogens with zero attached hydrogens (tertiary/aromatic N) is 1. The Kier molecular flexibility index (Phi) is 3.66. The maximum Gasteiger partial charge on any atom is 0.256 e. The van der Waals surface area contributed by atoms with Crippen molar-refractivity contribution in [3.8, 4) is 0 Å². The molecule has 1 amide bonds.